The van der Waals surface area contributed by atoms with E-state index in [-0.39, 0.29) is 36.3 Å². The average molecular weight is 566 g/mol. The number of aromatic nitrogens is 1. The zero-order valence-corrected chi connectivity index (χ0v) is 22.4. The maximum absolute atomic E-state index is 13.9. The molecule has 2 atom stereocenters. The number of aliphatic hydroxyl groups excluding tert-OH is 1. The van der Waals surface area contributed by atoms with Crippen LogP contribution in [-0.2, 0) is 9.53 Å². The number of hydrogen-bond donors (Lipinski definition) is 4. The molecule has 11 nitrogen and oxygen atoms in total. The SMILES string of the molecule is Cc1cc(C(=O)NC2(C(=O)NC3CCN(c4ccc(F)cc4NC(=O)OCCCl)CC3O)CCCCC2)no1. The van der Waals surface area contributed by atoms with Gasteiger partial charge in [0.25, 0.3) is 5.91 Å². The van der Waals surface area contributed by atoms with Crippen LogP contribution in [0.4, 0.5) is 20.6 Å². The van der Waals surface area contributed by atoms with Crippen LogP contribution < -0.4 is 20.9 Å². The van der Waals surface area contributed by atoms with Gasteiger partial charge in [0, 0.05) is 19.2 Å². The fraction of sp³-hybridized carbons (Fsp3) is 0.538. The summed E-state index contributed by atoms with van der Waals surface area (Å²) < 4.78 is 23.9. The van der Waals surface area contributed by atoms with Gasteiger partial charge in [-0.05, 0) is 44.4 Å². The predicted molar refractivity (Wildman–Crippen MR) is 141 cm³/mol. The molecule has 2 unspecified atom stereocenters. The third-order valence-corrected chi connectivity index (χ3v) is 7.25. The Morgan fingerprint density at radius 2 is 2.03 bits per heavy atom. The third kappa shape index (κ3) is 6.99. The van der Waals surface area contributed by atoms with Crippen molar-refractivity contribution >= 4 is 40.9 Å². The lowest BCUT2D eigenvalue weighted by molar-refractivity contribution is -0.130. The van der Waals surface area contributed by atoms with Gasteiger partial charge in [-0.25, -0.2) is 9.18 Å². The summed E-state index contributed by atoms with van der Waals surface area (Å²) in [6.45, 7) is 2.22. The molecule has 212 valence electrons. The zero-order chi connectivity index (χ0) is 28.0. The maximum atomic E-state index is 13.9. The molecule has 1 aromatic heterocycles. The van der Waals surface area contributed by atoms with Gasteiger partial charge in [0.2, 0.25) is 5.91 Å². The molecule has 2 fully saturated rings. The summed E-state index contributed by atoms with van der Waals surface area (Å²) in [4.78, 5) is 40.2. The molecule has 1 aliphatic heterocycles. The van der Waals surface area contributed by atoms with Crippen LogP contribution in [-0.4, -0.2) is 71.4 Å². The number of ether oxygens (including phenoxy) is 1. The number of aliphatic hydroxyl groups is 1. The van der Waals surface area contributed by atoms with Gasteiger partial charge < -0.3 is 29.9 Å². The first-order valence-electron chi connectivity index (χ1n) is 13.0. The molecule has 3 amide bonds. The molecule has 2 aliphatic rings. The second-order valence-electron chi connectivity index (χ2n) is 9.91. The van der Waals surface area contributed by atoms with Crippen molar-refractivity contribution in [2.75, 3.05) is 35.8 Å². The number of nitrogens with zero attached hydrogens (tertiary/aromatic N) is 2. The Kier molecular flexibility index (Phi) is 9.28. The van der Waals surface area contributed by atoms with E-state index < -0.39 is 35.5 Å². The molecule has 0 bridgehead atoms. The lowest BCUT2D eigenvalue weighted by Crippen LogP contribution is -2.64. The van der Waals surface area contributed by atoms with Gasteiger partial charge in [-0.15, -0.1) is 11.6 Å². The third-order valence-electron chi connectivity index (χ3n) is 7.10. The summed E-state index contributed by atoms with van der Waals surface area (Å²) in [6, 6.07) is 4.89. The minimum Gasteiger partial charge on any atom is -0.448 e. The van der Waals surface area contributed by atoms with E-state index in [1.807, 2.05) is 0 Å². The smallest absolute Gasteiger partial charge is 0.411 e. The number of carbonyl (C=O) groups excluding carboxylic acids is 3. The van der Waals surface area contributed by atoms with E-state index in [0.717, 1.165) is 19.3 Å². The number of nitrogens with one attached hydrogen (secondary N) is 3. The maximum Gasteiger partial charge on any atom is 0.411 e. The summed E-state index contributed by atoms with van der Waals surface area (Å²) >= 11 is 5.55. The van der Waals surface area contributed by atoms with E-state index in [9.17, 15) is 23.9 Å². The lowest BCUT2D eigenvalue weighted by atomic mass is 9.80. The Labute approximate surface area is 230 Å². The molecule has 4 N–H and O–H groups in total. The summed E-state index contributed by atoms with van der Waals surface area (Å²) in [5.74, 6) is -0.766. The number of anilines is 2. The summed E-state index contributed by atoms with van der Waals surface area (Å²) in [5.41, 5.74) is -0.316. The zero-order valence-electron chi connectivity index (χ0n) is 21.7. The van der Waals surface area contributed by atoms with Crippen molar-refractivity contribution in [3.63, 3.8) is 0 Å². The molecule has 2 heterocycles. The average Bonchev–Trinajstić information content (AvgIpc) is 3.35. The van der Waals surface area contributed by atoms with Crippen molar-refractivity contribution in [1.82, 2.24) is 15.8 Å². The van der Waals surface area contributed by atoms with E-state index in [1.165, 1.54) is 24.3 Å². The van der Waals surface area contributed by atoms with Crippen molar-refractivity contribution < 1.29 is 33.1 Å². The van der Waals surface area contributed by atoms with E-state index in [0.29, 0.717) is 37.3 Å². The topological polar surface area (TPSA) is 146 Å². The van der Waals surface area contributed by atoms with Gasteiger partial charge in [0.15, 0.2) is 5.69 Å². The summed E-state index contributed by atoms with van der Waals surface area (Å²) in [6.07, 6.45) is 2.11. The standard InChI is InChI=1S/C26H33ClFN5O6/c1-16-13-20(32-39-16)23(35)31-26(8-3-2-4-9-26)24(36)29-18-7-11-33(15-22(18)34)21-6-5-17(28)14-19(21)30-25(37)38-12-10-27/h5-6,13-14,18,22,34H,2-4,7-12,15H2,1H3,(H,29,36)(H,30,37)(H,31,35). The summed E-state index contributed by atoms with van der Waals surface area (Å²) in [5, 5.41) is 23.1. The number of benzene rings is 1. The van der Waals surface area contributed by atoms with Crippen LogP contribution in [0.25, 0.3) is 0 Å². The van der Waals surface area contributed by atoms with Gasteiger partial charge in [-0.1, -0.05) is 24.4 Å². The number of rotatable bonds is 8. The van der Waals surface area contributed by atoms with Crippen LogP contribution in [0.3, 0.4) is 0 Å². The number of piperidine rings is 1. The summed E-state index contributed by atoms with van der Waals surface area (Å²) in [7, 11) is 0. The van der Waals surface area contributed by atoms with Crippen LogP contribution in [0.1, 0.15) is 54.8 Å². The molecule has 1 aliphatic carbocycles. The second-order valence-corrected chi connectivity index (χ2v) is 10.3. The highest BCUT2D eigenvalue weighted by atomic mass is 35.5. The number of amides is 3. The van der Waals surface area contributed by atoms with Gasteiger partial charge in [-0.2, -0.15) is 0 Å². The Bertz CT molecular complexity index is 1190. The Hall–Kier alpha value is -3.38. The molecule has 1 saturated carbocycles. The monoisotopic (exact) mass is 565 g/mol. The van der Waals surface area contributed by atoms with Gasteiger partial charge >= 0.3 is 6.09 Å². The first kappa shape index (κ1) is 28.6. The molecule has 4 rings (SSSR count). The molecule has 39 heavy (non-hydrogen) atoms. The quantitative estimate of drug-likeness (QED) is 0.357. The minimum absolute atomic E-state index is 0.00200. The molecule has 1 saturated heterocycles. The van der Waals surface area contributed by atoms with Gasteiger partial charge in [-0.3, -0.25) is 14.9 Å². The van der Waals surface area contributed by atoms with Gasteiger partial charge in [0.05, 0.1) is 29.4 Å². The number of hydrogen-bond acceptors (Lipinski definition) is 8. The fourth-order valence-corrected chi connectivity index (χ4v) is 5.18. The van der Waals surface area contributed by atoms with Crippen LogP contribution >= 0.6 is 11.6 Å². The van der Waals surface area contributed by atoms with Crippen molar-refractivity contribution in [3.8, 4) is 0 Å². The Balaban J connectivity index is 1.42. The van der Waals surface area contributed by atoms with Crippen molar-refractivity contribution in [2.24, 2.45) is 0 Å². The normalized spacial score (nSPS) is 20.7. The van der Waals surface area contributed by atoms with Crippen LogP contribution in [0.15, 0.2) is 28.8 Å². The largest absolute Gasteiger partial charge is 0.448 e. The molecule has 2 aromatic rings. The number of carbonyl (C=O) groups is 3. The minimum atomic E-state index is -1.11. The van der Waals surface area contributed by atoms with E-state index in [2.05, 4.69) is 21.1 Å². The Morgan fingerprint density at radius 3 is 2.69 bits per heavy atom. The first-order valence-corrected chi connectivity index (χ1v) is 13.5. The molecule has 13 heteroatoms. The number of aryl methyl sites for hydroxylation is 1. The molecule has 0 radical (unpaired) electrons. The van der Waals surface area contributed by atoms with Crippen molar-refractivity contribution in [1.29, 1.82) is 0 Å². The van der Waals surface area contributed by atoms with E-state index >= 15 is 0 Å². The number of β-amino-alcohol motifs (C(OH)–C–C–N with tert-alkyl or cyclic N) is 1. The second kappa shape index (κ2) is 12.6. The van der Waals surface area contributed by atoms with E-state index in [1.54, 1.807) is 11.8 Å². The van der Waals surface area contributed by atoms with Crippen molar-refractivity contribution in [2.45, 2.75) is 63.1 Å². The van der Waals surface area contributed by atoms with Gasteiger partial charge in [0.1, 0.15) is 23.7 Å². The van der Waals surface area contributed by atoms with Crippen LogP contribution in [0.5, 0.6) is 0 Å². The van der Waals surface area contributed by atoms with Crippen molar-refractivity contribution in [3.05, 3.63) is 41.5 Å². The molecule has 0 spiro atoms. The highest BCUT2D eigenvalue weighted by Gasteiger charge is 2.43. The molecule has 1 aromatic carbocycles. The molecular formula is C26H33ClFN5O6. The Morgan fingerprint density at radius 1 is 1.26 bits per heavy atom. The highest BCUT2D eigenvalue weighted by Crippen LogP contribution is 2.32. The fourth-order valence-electron chi connectivity index (χ4n) is 5.11. The predicted octanol–water partition coefficient (Wildman–Crippen LogP) is 3.10. The lowest BCUT2D eigenvalue weighted by Gasteiger charge is -2.41. The van der Waals surface area contributed by atoms with Crippen LogP contribution in [0, 0.1) is 12.7 Å². The number of alkyl halides is 1. The van der Waals surface area contributed by atoms with Crippen LogP contribution in [0.2, 0.25) is 0 Å². The first-order chi connectivity index (χ1) is 18.7. The van der Waals surface area contributed by atoms with E-state index in [4.69, 9.17) is 20.9 Å². The molecular weight excluding hydrogens is 533 g/mol. The highest BCUT2D eigenvalue weighted by molar-refractivity contribution is 6.18. The number of halogens is 2.